The first-order valence-corrected chi connectivity index (χ1v) is 19.3. The predicted molar refractivity (Wildman–Crippen MR) is 183 cm³/mol. The molecular weight excluding hydrogens is 624 g/mol. The number of carbonyl (C=O) groups is 2. The quantitative estimate of drug-likeness (QED) is 0.332. The van der Waals surface area contributed by atoms with E-state index in [2.05, 4.69) is 39.5 Å². The summed E-state index contributed by atoms with van der Waals surface area (Å²) < 4.78 is 25.4. The highest BCUT2D eigenvalue weighted by atomic mass is 16.7. The van der Waals surface area contributed by atoms with E-state index < -0.39 is 29.9 Å². The molecule has 15 atom stereocenters. The summed E-state index contributed by atoms with van der Waals surface area (Å²) in [6.45, 7) is 20.3. The molecule has 0 bridgehead atoms. The van der Waals surface area contributed by atoms with Crippen LogP contribution < -0.4 is 5.73 Å². The number of aliphatic hydroxyl groups excluding tert-OH is 1. The van der Waals surface area contributed by atoms with Crippen molar-refractivity contribution in [1.29, 1.82) is 0 Å². The largest absolute Gasteiger partial charge is 0.457 e. The normalized spacial score (nSPS) is 50.1. The first-order valence-electron chi connectivity index (χ1n) is 19.3. The third-order valence-electron chi connectivity index (χ3n) is 16.4. The molecule has 7 aliphatic rings. The van der Waals surface area contributed by atoms with Crippen molar-refractivity contribution in [2.24, 2.45) is 56.5 Å². The van der Waals surface area contributed by atoms with Crippen molar-refractivity contribution in [3.05, 3.63) is 0 Å². The highest BCUT2D eigenvalue weighted by Gasteiger charge is 2.84. The van der Waals surface area contributed by atoms with Gasteiger partial charge in [-0.3, -0.25) is 14.5 Å². The molecule has 10 nitrogen and oxygen atoms in total. The van der Waals surface area contributed by atoms with Crippen LogP contribution in [0.25, 0.3) is 0 Å². The zero-order valence-electron chi connectivity index (χ0n) is 31.5. The molecule has 7 rings (SSSR count). The van der Waals surface area contributed by atoms with E-state index in [1.165, 1.54) is 19.8 Å². The second-order valence-corrected chi connectivity index (χ2v) is 19.2. The van der Waals surface area contributed by atoms with Gasteiger partial charge in [-0.2, -0.15) is 0 Å². The predicted octanol–water partition coefficient (Wildman–Crippen LogP) is 4.42. The van der Waals surface area contributed by atoms with E-state index in [4.69, 9.17) is 24.7 Å². The fraction of sp³-hybridized carbons (Fsp3) is 0.949. The van der Waals surface area contributed by atoms with Gasteiger partial charge in [-0.25, -0.2) is 0 Å². The number of esters is 1. The number of fused-ring (bicyclic) bond motifs is 4. The molecule has 0 aromatic heterocycles. The summed E-state index contributed by atoms with van der Waals surface area (Å²) >= 11 is 0. The molecule has 2 aliphatic heterocycles. The number of ether oxygens (including phenoxy) is 4. The Balaban J connectivity index is 1.12. The summed E-state index contributed by atoms with van der Waals surface area (Å²) in [4.78, 5) is 26.1. The summed E-state index contributed by atoms with van der Waals surface area (Å²) in [5.41, 5.74) is 4.40. The topological polar surface area (TPSA) is 141 Å². The Hall–Kier alpha value is -1.30. The number of hydrogen-bond acceptors (Lipinski definition) is 9. The molecular formula is C39H64N2O8. The summed E-state index contributed by atoms with van der Waals surface area (Å²) in [5, 5.41) is 23.6. The third kappa shape index (κ3) is 4.99. The molecule has 7 fully saturated rings. The monoisotopic (exact) mass is 688 g/mol. The number of morpholine rings is 1. The van der Waals surface area contributed by atoms with E-state index in [0.29, 0.717) is 38.0 Å². The van der Waals surface area contributed by atoms with Crippen molar-refractivity contribution in [2.45, 2.75) is 162 Å². The Bertz CT molecular complexity index is 1330. The summed E-state index contributed by atoms with van der Waals surface area (Å²) in [5.74, 6) is 0.630. The van der Waals surface area contributed by atoms with Gasteiger partial charge in [-0.15, -0.1) is 0 Å². The van der Waals surface area contributed by atoms with E-state index in [-0.39, 0.29) is 69.4 Å². The van der Waals surface area contributed by atoms with Crippen LogP contribution in [-0.2, 0) is 28.5 Å². The maximum Gasteiger partial charge on any atom is 0.303 e. The Kier molecular flexibility index (Phi) is 8.54. The number of aliphatic hydroxyl groups is 2. The van der Waals surface area contributed by atoms with Crippen LogP contribution in [0.1, 0.15) is 114 Å². The van der Waals surface area contributed by atoms with Crippen LogP contribution in [0, 0.1) is 50.7 Å². The smallest absolute Gasteiger partial charge is 0.303 e. The first-order chi connectivity index (χ1) is 22.7. The van der Waals surface area contributed by atoms with Crippen molar-refractivity contribution >= 4 is 11.9 Å². The summed E-state index contributed by atoms with van der Waals surface area (Å²) in [6.07, 6.45) is 5.95. The molecule has 0 radical (unpaired) electrons. The molecule has 0 aromatic rings. The van der Waals surface area contributed by atoms with E-state index in [0.717, 1.165) is 32.1 Å². The van der Waals surface area contributed by atoms with Gasteiger partial charge in [0.25, 0.3) is 0 Å². The lowest BCUT2D eigenvalue weighted by Crippen LogP contribution is -2.60. The molecule has 3 unspecified atom stereocenters. The minimum atomic E-state index is -1.27. The zero-order chi connectivity index (χ0) is 35.7. The Morgan fingerprint density at radius 1 is 1.04 bits per heavy atom. The molecule has 0 aromatic carbocycles. The Morgan fingerprint density at radius 2 is 1.71 bits per heavy atom. The fourth-order valence-corrected chi connectivity index (χ4v) is 14.0. The van der Waals surface area contributed by atoms with E-state index in [1.807, 2.05) is 6.92 Å². The van der Waals surface area contributed by atoms with Gasteiger partial charge in [0.15, 0.2) is 12.4 Å². The van der Waals surface area contributed by atoms with Crippen molar-refractivity contribution in [3.8, 4) is 0 Å². The lowest BCUT2D eigenvalue weighted by Gasteiger charge is -2.64. The molecule has 5 saturated carbocycles. The third-order valence-corrected chi connectivity index (χ3v) is 16.4. The minimum absolute atomic E-state index is 0.0364. The molecule has 5 aliphatic carbocycles. The van der Waals surface area contributed by atoms with E-state index >= 15 is 0 Å². The molecule has 1 amide bonds. The maximum absolute atomic E-state index is 12.6. The second-order valence-electron chi connectivity index (χ2n) is 19.2. The molecule has 2 saturated heterocycles. The zero-order valence-corrected chi connectivity index (χ0v) is 31.5. The Labute approximate surface area is 293 Å². The Morgan fingerprint density at radius 3 is 2.37 bits per heavy atom. The van der Waals surface area contributed by atoms with Crippen LogP contribution in [0.4, 0.5) is 0 Å². The molecule has 2 spiro atoms. The van der Waals surface area contributed by atoms with Crippen LogP contribution in [0.2, 0.25) is 0 Å². The van der Waals surface area contributed by atoms with Crippen LogP contribution in [0.3, 0.4) is 0 Å². The maximum atomic E-state index is 12.6. The van der Waals surface area contributed by atoms with Gasteiger partial charge in [0.05, 0.1) is 49.2 Å². The minimum Gasteiger partial charge on any atom is -0.457 e. The summed E-state index contributed by atoms with van der Waals surface area (Å²) in [7, 11) is 0. The lowest BCUT2D eigenvalue weighted by molar-refractivity contribution is -0.250. The van der Waals surface area contributed by atoms with Gasteiger partial charge >= 0.3 is 5.97 Å². The van der Waals surface area contributed by atoms with Gasteiger partial charge in [0.1, 0.15) is 0 Å². The van der Waals surface area contributed by atoms with Gasteiger partial charge in [-0.05, 0) is 117 Å². The first kappa shape index (κ1) is 36.1. The van der Waals surface area contributed by atoms with E-state index in [9.17, 15) is 19.8 Å². The van der Waals surface area contributed by atoms with Crippen LogP contribution in [0.5, 0.6) is 0 Å². The molecule has 2 heterocycles. The standard InChI is InChI=1S/C39H64N2O8/c1-21-18-24(32(35(6,7)45)47-23(3)42)48-30-29(21)36(8)14-15-39-20-38(39)13-12-27(49-28-19-41(16-17-46-28)22(2)33(40)44)34(4,5)25(38)10-11-26(39)37(36,9)31(30)43/h21-22,24-32,43,45H,10-20H2,1-9H3,(H2,40,44)/t21-,22+,24?,25+,26?,27+,28+,29+,30?,31+,32+,36-,37-,38-,39+/m1/s1. The molecule has 4 N–H and O–H groups in total. The molecule has 49 heavy (non-hydrogen) atoms. The van der Waals surface area contributed by atoms with Crippen molar-refractivity contribution in [1.82, 2.24) is 4.90 Å². The van der Waals surface area contributed by atoms with Gasteiger partial charge in [-0.1, -0.05) is 34.6 Å². The fourth-order valence-electron chi connectivity index (χ4n) is 14.0. The number of hydrogen-bond donors (Lipinski definition) is 3. The lowest BCUT2D eigenvalue weighted by atomic mass is 9.41. The van der Waals surface area contributed by atoms with Crippen molar-refractivity contribution in [3.63, 3.8) is 0 Å². The summed E-state index contributed by atoms with van der Waals surface area (Å²) in [6, 6.07) is -0.344. The average molecular weight is 689 g/mol. The number of rotatable bonds is 7. The number of primary amides is 1. The van der Waals surface area contributed by atoms with Crippen LogP contribution in [0.15, 0.2) is 0 Å². The number of nitrogens with two attached hydrogens (primary N) is 1. The van der Waals surface area contributed by atoms with Crippen molar-refractivity contribution in [2.75, 3.05) is 19.7 Å². The average Bonchev–Trinajstić information content (AvgIpc) is 3.65. The second kappa shape index (κ2) is 11.6. The van der Waals surface area contributed by atoms with Crippen molar-refractivity contribution < 1.29 is 38.7 Å². The molecule has 278 valence electrons. The van der Waals surface area contributed by atoms with E-state index in [1.54, 1.807) is 13.8 Å². The molecule has 10 heteroatoms. The van der Waals surface area contributed by atoms with Crippen LogP contribution in [-0.4, -0.2) is 95.1 Å². The number of nitrogens with zero attached hydrogens (tertiary/aromatic N) is 1. The van der Waals surface area contributed by atoms with Crippen LogP contribution >= 0.6 is 0 Å². The van der Waals surface area contributed by atoms with Gasteiger partial charge < -0.3 is 34.9 Å². The number of amides is 1. The highest BCUT2D eigenvalue weighted by molar-refractivity contribution is 5.79. The van der Waals surface area contributed by atoms with Gasteiger partial charge in [0.2, 0.25) is 5.91 Å². The highest BCUT2D eigenvalue weighted by Crippen LogP contribution is 2.89. The SMILES string of the molecule is CC(=O)O[C@@H](C1C[C@@H](C)[C@H]2C(O1)[C@H](O)[C@@]1(C)C3CC[C@H]4C(C)(C)[C@@H](O[C@H]5CN([C@@H](C)C(N)=O)CCO5)CC[C@@]45C[C@@]35CC[C@]21C)C(C)(C)O. The number of carbonyl (C=O) groups excluding carboxylic acids is 2. The van der Waals surface area contributed by atoms with Gasteiger partial charge in [0, 0.05) is 18.9 Å².